The Morgan fingerprint density at radius 1 is 1.60 bits per heavy atom. The largest absolute Gasteiger partial charge is 0.496 e. The highest BCUT2D eigenvalue weighted by molar-refractivity contribution is 6.31. The lowest BCUT2D eigenvalue weighted by Crippen LogP contribution is -2.01. The minimum atomic E-state index is 0.0225. The first-order chi connectivity index (χ1) is 7.19. The second-order valence-corrected chi connectivity index (χ2v) is 3.53. The predicted molar refractivity (Wildman–Crippen MR) is 61.8 cm³/mol. The summed E-state index contributed by atoms with van der Waals surface area (Å²) >= 11 is 5.82. The third-order valence-electron chi connectivity index (χ3n) is 2.04. The van der Waals surface area contributed by atoms with Crippen LogP contribution in [0.1, 0.15) is 23.2 Å². The van der Waals surface area contributed by atoms with E-state index < -0.39 is 0 Å². The summed E-state index contributed by atoms with van der Waals surface area (Å²) in [7, 11) is 1.54. The summed E-state index contributed by atoms with van der Waals surface area (Å²) in [6.07, 6.45) is 2.81. The number of Topliss-reactive ketones (excluding diaryl/α,β-unsaturated/α-hetero) is 1. The van der Waals surface area contributed by atoms with Gasteiger partial charge in [0, 0.05) is 11.4 Å². The Hall–Kier alpha value is -1.28. The van der Waals surface area contributed by atoms with Crippen molar-refractivity contribution in [3.8, 4) is 5.75 Å². The number of allylic oxidation sites excluding steroid dienone is 1. The molecule has 0 unspecified atom stereocenters. The Morgan fingerprint density at radius 3 is 2.93 bits per heavy atom. The van der Waals surface area contributed by atoms with Crippen LogP contribution in [0, 0.1) is 0 Å². The zero-order valence-corrected chi connectivity index (χ0v) is 9.38. The Labute approximate surface area is 94.5 Å². The van der Waals surface area contributed by atoms with Gasteiger partial charge in [0.2, 0.25) is 0 Å². The van der Waals surface area contributed by atoms with E-state index in [-0.39, 0.29) is 5.78 Å². The van der Waals surface area contributed by atoms with Crippen molar-refractivity contribution in [2.45, 2.75) is 12.8 Å². The summed E-state index contributed by atoms with van der Waals surface area (Å²) in [4.78, 5) is 11.7. The van der Waals surface area contributed by atoms with Crippen molar-refractivity contribution in [2.24, 2.45) is 0 Å². The fraction of sp³-hybridized carbons (Fsp3) is 0.250. The van der Waals surface area contributed by atoms with Gasteiger partial charge in [-0.1, -0.05) is 17.7 Å². The van der Waals surface area contributed by atoms with E-state index in [2.05, 4.69) is 6.58 Å². The van der Waals surface area contributed by atoms with Crippen LogP contribution in [0.2, 0.25) is 5.02 Å². The zero-order valence-electron chi connectivity index (χ0n) is 8.63. The lowest BCUT2D eigenvalue weighted by molar-refractivity contribution is 0.0981. The molecule has 0 heterocycles. The molecule has 0 bridgehead atoms. The summed E-state index contributed by atoms with van der Waals surface area (Å²) in [5.41, 5.74) is 0.534. The molecule has 0 saturated carbocycles. The van der Waals surface area contributed by atoms with Crippen LogP contribution in [0.15, 0.2) is 30.9 Å². The molecular weight excluding hydrogens is 212 g/mol. The number of benzene rings is 1. The number of halogens is 1. The van der Waals surface area contributed by atoms with Crippen LogP contribution >= 0.6 is 11.6 Å². The molecule has 0 atom stereocenters. The number of carbonyl (C=O) groups excluding carboxylic acids is 1. The number of hydrogen-bond acceptors (Lipinski definition) is 2. The van der Waals surface area contributed by atoms with Gasteiger partial charge in [0.1, 0.15) is 5.75 Å². The summed E-state index contributed by atoms with van der Waals surface area (Å²) in [6.45, 7) is 3.58. The van der Waals surface area contributed by atoms with Gasteiger partial charge in [-0.05, 0) is 24.6 Å². The highest BCUT2D eigenvalue weighted by Crippen LogP contribution is 2.24. The minimum Gasteiger partial charge on any atom is -0.496 e. The first-order valence-electron chi connectivity index (χ1n) is 4.66. The predicted octanol–water partition coefficient (Wildman–Crippen LogP) is 3.50. The van der Waals surface area contributed by atoms with E-state index in [1.54, 1.807) is 24.3 Å². The van der Waals surface area contributed by atoms with E-state index in [1.807, 2.05) is 0 Å². The smallest absolute Gasteiger partial charge is 0.166 e. The van der Waals surface area contributed by atoms with Gasteiger partial charge in [0.25, 0.3) is 0 Å². The van der Waals surface area contributed by atoms with Crippen molar-refractivity contribution in [3.05, 3.63) is 41.4 Å². The third kappa shape index (κ3) is 3.10. The third-order valence-corrected chi connectivity index (χ3v) is 2.27. The molecule has 1 aromatic rings. The first-order valence-corrected chi connectivity index (χ1v) is 5.04. The van der Waals surface area contributed by atoms with Crippen molar-refractivity contribution in [1.82, 2.24) is 0 Å². The molecule has 0 saturated heterocycles. The van der Waals surface area contributed by atoms with Gasteiger partial charge in [-0.25, -0.2) is 0 Å². The maximum Gasteiger partial charge on any atom is 0.166 e. The van der Waals surface area contributed by atoms with Crippen molar-refractivity contribution < 1.29 is 9.53 Å². The first kappa shape index (κ1) is 11.8. The fourth-order valence-electron chi connectivity index (χ4n) is 1.27. The summed E-state index contributed by atoms with van der Waals surface area (Å²) in [6, 6.07) is 5.03. The Balaban J connectivity index is 2.94. The number of hydrogen-bond donors (Lipinski definition) is 0. The summed E-state index contributed by atoms with van der Waals surface area (Å²) < 4.78 is 5.10. The van der Waals surface area contributed by atoms with E-state index >= 15 is 0 Å². The fourth-order valence-corrected chi connectivity index (χ4v) is 1.44. The summed E-state index contributed by atoms with van der Waals surface area (Å²) in [5, 5.41) is 0.540. The molecule has 0 fully saturated rings. The van der Waals surface area contributed by atoms with E-state index in [1.165, 1.54) is 7.11 Å². The lowest BCUT2D eigenvalue weighted by atomic mass is 10.1. The van der Waals surface area contributed by atoms with E-state index in [9.17, 15) is 4.79 Å². The molecule has 1 rings (SSSR count). The molecule has 1 aromatic carbocycles. The topological polar surface area (TPSA) is 26.3 Å². The molecule has 0 aromatic heterocycles. The monoisotopic (exact) mass is 224 g/mol. The number of ketones is 1. The average Bonchev–Trinajstić information content (AvgIpc) is 2.25. The molecule has 0 amide bonds. The van der Waals surface area contributed by atoms with Crippen molar-refractivity contribution in [2.75, 3.05) is 7.11 Å². The number of carbonyl (C=O) groups is 1. The molecule has 0 aliphatic heterocycles. The van der Waals surface area contributed by atoms with Gasteiger partial charge < -0.3 is 4.74 Å². The van der Waals surface area contributed by atoms with Gasteiger partial charge in [-0.15, -0.1) is 6.58 Å². The molecule has 3 heteroatoms. The van der Waals surface area contributed by atoms with Gasteiger partial charge in [-0.2, -0.15) is 0 Å². The number of methoxy groups -OCH3 is 1. The number of ether oxygens (including phenoxy) is 1. The summed E-state index contributed by atoms with van der Waals surface area (Å²) in [5.74, 6) is 0.586. The second kappa shape index (κ2) is 5.56. The molecule has 0 spiro atoms. The Kier molecular flexibility index (Phi) is 4.37. The van der Waals surface area contributed by atoms with Crippen molar-refractivity contribution >= 4 is 17.4 Å². The van der Waals surface area contributed by atoms with Crippen LogP contribution < -0.4 is 4.74 Å². The van der Waals surface area contributed by atoms with Gasteiger partial charge in [-0.3, -0.25) is 4.79 Å². The van der Waals surface area contributed by atoms with Crippen LogP contribution in [0.4, 0.5) is 0 Å². The van der Waals surface area contributed by atoms with Gasteiger partial charge in [0.15, 0.2) is 5.78 Å². The van der Waals surface area contributed by atoms with Crippen molar-refractivity contribution in [1.29, 1.82) is 0 Å². The molecule has 0 aliphatic carbocycles. The quantitative estimate of drug-likeness (QED) is 0.565. The normalized spacial score (nSPS) is 9.73. The van der Waals surface area contributed by atoms with Gasteiger partial charge >= 0.3 is 0 Å². The highest BCUT2D eigenvalue weighted by atomic mass is 35.5. The van der Waals surface area contributed by atoms with Crippen LogP contribution in [0.3, 0.4) is 0 Å². The second-order valence-electron chi connectivity index (χ2n) is 3.10. The minimum absolute atomic E-state index is 0.0225. The standard InChI is InChI=1S/C12H13ClO2/c1-3-4-5-11(14)10-8-9(13)6-7-12(10)15-2/h3,6-8H,1,4-5H2,2H3. The van der Waals surface area contributed by atoms with Crippen LogP contribution in [-0.4, -0.2) is 12.9 Å². The molecule has 0 aliphatic rings. The van der Waals surface area contributed by atoms with Crippen LogP contribution in [-0.2, 0) is 0 Å². The average molecular weight is 225 g/mol. The maximum atomic E-state index is 11.7. The van der Waals surface area contributed by atoms with E-state index in [0.29, 0.717) is 29.2 Å². The Morgan fingerprint density at radius 2 is 2.33 bits per heavy atom. The molecule has 15 heavy (non-hydrogen) atoms. The van der Waals surface area contributed by atoms with Gasteiger partial charge in [0.05, 0.1) is 12.7 Å². The highest BCUT2D eigenvalue weighted by Gasteiger charge is 2.11. The molecule has 0 radical (unpaired) electrons. The Bertz CT molecular complexity index is 372. The molecule has 2 nitrogen and oxygen atoms in total. The van der Waals surface area contributed by atoms with E-state index in [4.69, 9.17) is 16.3 Å². The van der Waals surface area contributed by atoms with Crippen molar-refractivity contribution in [3.63, 3.8) is 0 Å². The molecule has 0 N–H and O–H groups in total. The number of rotatable bonds is 5. The SMILES string of the molecule is C=CCCC(=O)c1cc(Cl)ccc1OC. The van der Waals surface area contributed by atoms with E-state index in [0.717, 1.165) is 0 Å². The molecular formula is C12H13ClO2. The zero-order chi connectivity index (χ0) is 11.3. The lowest BCUT2D eigenvalue weighted by Gasteiger charge is -2.07. The molecule has 80 valence electrons. The maximum absolute atomic E-state index is 11.7. The van der Waals surface area contributed by atoms with Crippen LogP contribution in [0.5, 0.6) is 5.75 Å². The van der Waals surface area contributed by atoms with Crippen LogP contribution in [0.25, 0.3) is 0 Å².